The number of benzene rings is 1. The van der Waals surface area contributed by atoms with E-state index in [9.17, 15) is 19.5 Å². The molecule has 2 rings (SSSR count). The van der Waals surface area contributed by atoms with Gasteiger partial charge < -0.3 is 5.11 Å². The first-order valence-electron chi connectivity index (χ1n) is 5.63. The number of phenolic OH excluding ortho intramolecular Hbond substituents is 1. The van der Waals surface area contributed by atoms with Gasteiger partial charge in [0.1, 0.15) is 11.3 Å². The Bertz CT molecular complexity index is 628. The standard InChI is InChI=1S/C13H11BrN2O4/c1-15-11(18)9(12(19)16(2)13(15)20)6-7-5-8(17)3-4-10(7)14/h3-6,17H,1-2H3. The third-order valence-electron chi connectivity index (χ3n) is 2.92. The van der Waals surface area contributed by atoms with Crippen LogP contribution in [0.1, 0.15) is 5.56 Å². The highest BCUT2D eigenvalue weighted by Gasteiger charge is 2.37. The maximum Gasteiger partial charge on any atom is 0.333 e. The number of carbonyl (C=O) groups excluding carboxylic acids is 3. The molecular weight excluding hydrogens is 328 g/mol. The fourth-order valence-corrected chi connectivity index (χ4v) is 2.13. The number of hydrogen-bond donors (Lipinski definition) is 1. The summed E-state index contributed by atoms with van der Waals surface area (Å²) < 4.78 is 0.616. The Morgan fingerprint density at radius 1 is 1.10 bits per heavy atom. The number of likely N-dealkylation sites (N-methyl/N-ethyl adjacent to an activating group) is 2. The second kappa shape index (κ2) is 5.09. The van der Waals surface area contributed by atoms with E-state index in [0.717, 1.165) is 9.80 Å². The number of halogens is 1. The van der Waals surface area contributed by atoms with Crippen LogP contribution >= 0.6 is 15.9 Å². The van der Waals surface area contributed by atoms with Crippen LogP contribution in [0.15, 0.2) is 28.2 Å². The first kappa shape index (κ1) is 14.3. The van der Waals surface area contributed by atoms with E-state index in [-0.39, 0.29) is 11.3 Å². The predicted octanol–water partition coefficient (Wildman–Crippen LogP) is 1.59. The van der Waals surface area contributed by atoms with Gasteiger partial charge >= 0.3 is 6.03 Å². The third kappa shape index (κ3) is 2.32. The van der Waals surface area contributed by atoms with Crippen molar-refractivity contribution in [1.29, 1.82) is 0 Å². The lowest BCUT2D eigenvalue weighted by atomic mass is 10.1. The molecule has 0 radical (unpaired) electrons. The Morgan fingerprint density at radius 3 is 2.20 bits per heavy atom. The van der Waals surface area contributed by atoms with Gasteiger partial charge in [0, 0.05) is 18.6 Å². The Labute approximate surface area is 123 Å². The third-order valence-corrected chi connectivity index (χ3v) is 3.65. The average Bonchev–Trinajstić information content (AvgIpc) is 2.43. The molecule has 1 aromatic rings. The van der Waals surface area contributed by atoms with Crippen LogP contribution in [0.3, 0.4) is 0 Å². The average molecular weight is 339 g/mol. The molecule has 1 aliphatic heterocycles. The van der Waals surface area contributed by atoms with Crippen LogP contribution in [-0.4, -0.2) is 46.8 Å². The molecule has 4 amide bonds. The van der Waals surface area contributed by atoms with Gasteiger partial charge in [-0.25, -0.2) is 4.79 Å². The summed E-state index contributed by atoms with van der Waals surface area (Å²) in [6, 6.07) is 3.80. The maximum atomic E-state index is 12.0. The summed E-state index contributed by atoms with van der Waals surface area (Å²) >= 11 is 3.27. The highest BCUT2D eigenvalue weighted by molar-refractivity contribution is 9.10. The topological polar surface area (TPSA) is 77.9 Å². The van der Waals surface area contributed by atoms with Crippen molar-refractivity contribution in [2.75, 3.05) is 14.1 Å². The number of rotatable bonds is 1. The molecule has 1 aliphatic rings. The fourth-order valence-electron chi connectivity index (χ4n) is 1.77. The summed E-state index contributed by atoms with van der Waals surface area (Å²) in [5, 5.41) is 9.45. The van der Waals surface area contributed by atoms with E-state index in [1.165, 1.54) is 32.3 Å². The molecule has 1 heterocycles. The van der Waals surface area contributed by atoms with Crippen molar-refractivity contribution in [3.8, 4) is 5.75 Å². The number of urea groups is 1. The van der Waals surface area contributed by atoms with Crippen LogP contribution in [0, 0.1) is 0 Å². The molecular formula is C13H11BrN2O4. The van der Waals surface area contributed by atoms with E-state index in [1.807, 2.05) is 0 Å². The van der Waals surface area contributed by atoms with E-state index >= 15 is 0 Å². The van der Waals surface area contributed by atoms with Gasteiger partial charge in [-0.1, -0.05) is 15.9 Å². The zero-order valence-electron chi connectivity index (χ0n) is 10.8. The summed E-state index contributed by atoms with van der Waals surface area (Å²) in [5.74, 6) is -1.34. The van der Waals surface area contributed by atoms with Crippen molar-refractivity contribution in [2.24, 2.45) is 0 Å². The molecule has 104 valence electrons. The summed E-state index contributed by atoms with van der Waals surface area (Å²) in [6.45, 7) is 0. The van der Waals surface area contributed by atoms with E-state index in [2.05, 4.69) is 15.9 Å². The molecule has 0 atom stereocenters. The molecule has 20 heavy (non-hydrogen) atoms. The Kier molecular flexibility index (Phi) is 3.63. The van der Waals surface area contributed by atoms with Gasteiger partial charge in [0.15, 0.2) is 0 Å². The first-order chi connectivity index (χ1) is 9.32. The van der Waals surface area contributed by atoms with Gasteiger partial charge in [0.25, 0.3) is 11.8 Å². The molecule has 1 N–H and O–H groups in total. The number of hydrogen-bond acceptors (Lipinski definition) is 4. The van der Waals surface area contributed by atoms with E-state index in [4.69, 9.17) is 0 Å². The maximum absolute atomic E-state index is 12.0. The van der Waals surface area contributed by atoms with Gasteiger partial charge in [-0.2, -0.15) is 0 Å². The molecule has 0 bridgehead atoms. The summed E-state index contributed by atoms with van der Waals surface area (Å²) in [6.07, 6.45) is 1.34. The van der Waals surface area contributed by atoms with E-state index in [1.54, 1.807) is 6.07 Å². The van der Waals surface area contributed by atoms with Crippen molar-refractivity contribution >= 4 is 39.9 Å². The quantitative estimate of drug-likeness (QED) is 0.623. The number of barbiturate groups is 1. The lowest BCUT2D eigenvalue weighted by Crippen LogP contribution is -2.52. The molecule has 6 nitrogen and oxygen atoms in total. The molecule has 0 unspecified atom stereocenters. The molecule has 1 saturated heterocycles. The number of amides is 4. The van der Waals surface area contributed by atoms with Gasteiger partial charge in [0.2, 0.25) is 0 Å². The van der Waals surface area contributed by atoms with E-state index in [0.29, 0.717) is 10.0 Å². The van der Waals surface area contributed by atoms with Crippen LogP contribution < -0.4 is 0 Å². The van der Waals surface area contributed by atoms with Gasteiger partial charge in [-0.05, 0) is 29.8 Å². The van der Waals surface area contributed by atoms with Crippen LogP contribution in [0.25, 0.3) is 6.08 Å². The molecule has 0 saturated carbocycles. The number of imide groups is 2. The molecule has 1 fully saturated rings. The molecule has 0 aromatic heterocycles. The lowest BCUT2D eigenvalue weighted by molar-refractivity contribution is -0.134. The van der Waals surface area contributed by atoms with Gasteiger partial charge in [0.05, 0.1) is 0 Å². The second-order valence-electron chi connectivity index (χ2n) is 4.27. The van der Waals surface area contributed by atoms with Crippen molar-refractivity contribution < 1.29 is 19.5 Å². The fraction of sp³-hybridized carbons (Fsp3) is 0.154. The zero-order valence-corrected chi connectivity index (χ0v) is 12.3. The minimum atomic E-state index is -0.674. The van der Waals surface area contributed by atoms with E-state index < -0.39 is 17.8 Å². The van der Waals surface area contributed by atoms with Crippen molar-refractivity contribution in [1.82, 2.24) is 9.80 Å². The highest BCUT2D eigenvalue weighted by atomic mass is 79.9. The molecule has 1 aromatic carbocycles. The normalized spacial score (nSPS) is 15.9. The SMILES string of the molecule is CN1C(=O)C(=Cc2cc(O)ccc2Br)C(=O)N(C)C1=O. The number of nitrogens with zero attached hydrogens (tertiary/aromatic N) is 2. The van der Waals surface area contributed by atoms with Crippen LogP contribution in [-0.2, 0) is 9.59 Å². The summed E-state index contributed by atoms with van der Waals surface area (Å²) in [4.78, 5) is 37.3. The summed E-state index contributed by atoms with van der Waals surface area (Å²) in [5.41, 5.74) is 0.332. The van der Waals surface area contributed by atoms with Crippen LogP contribution in [0.5, 0.6) is 5.75 Å². The van der Waals surface area contributed by atoms with Crippen molar-refractivity contribution in [3.63, 3.8) is 0 Å². The first-order valence-corrected chi connectivity index (χ1v) is 6.42. The van der Waals surface area contributed by atoms with Crippen molar-refractivity contribution in [3.05, 3.63) is 33.8 Å². The molecule has 7 heteroatoms. The molecule has 0 spiro atoms. The zero-order chi connectivity index (χ0) is 15.0. The van der Waals surface area contributed by atoms with Crippen molar-refractivity contribution in [2.45, 2.75) is 0 Å². The number of phenols is 1. The number of aromatic hydroxyl groups is 1. The second-order valence-corrected chi connectivity index (χ2v) is 5.13. The van der Waals surface area contributed by atoms with Crippen LogP contribution in [0.4, 0.5) is 4.79 Å². The predicted molar refractivity (Wildman–Crippen MR) is 74.7 cm³/mol. The monoisotopic (exact) mass is 338 g/mol. The van der Waals surface area contributed by atoms with Gasteiger partial charge in [-0.3, -0.25) is 19.4 Å². The Balaban J connectivity index is 2.52. The smallest absolute Gasteiger partial charge is 0.333 e. The lowest BCUT2D eigenvalue weighted by Gasteiger charge is -2.28. The highest BCUT2D eigenvalue weighted by Crippen LogP contribution is 2.26. The van der Waals surface area contributed by atoms with Crippen LogP contribution in [0.2, 0.25) is 0 Å². The largest absolute Gasteiger partial charge is 0.508 e. The minimum Gasteiger partial charge on any atom is -0.508 e. The summed E-state index contributed by atoms with van der Waals surface area (Å²) in [7, 11) is 2.61. The number of carbonyl (C=O) groups is 3. The van der Waals surface area contributed by atoms with Gasteiger partial charge in [-0.15, -0.1) is 0 Å². The Hall–Kier alpha value is -2.15. The Morgan fingerprint density at radius 2 is 1.65 bits per heavy atom. The molecule has 0 aliphatic carbocycles. The minimum absolute atomic E-state index is 0.00791.